The molecule has 1 nitrogen and oxygen atoms in total. The van der Waals surface area contributed by atoms with Crippen LogP contribution in [-0.2, 0) is 0 Å². The third kappa shape index (κ3) is 2.05. The molecule has 0 radical (unpaired) electrons. The number of hydrogen-bond donors (Lipinski definition) is 1. The molecule has 2 saturated carbocycles. The summed E-state index contributed by atoms with van der Waals surface area (Å²) < 4.78 is 0. The normalized spacial score (nSPS) is 42.0. The molecular formula is C16H30O. The zero-order valence-corrected chi connectivity index (χ0v) is 12.3. The maximum absolute atomic E-state index is 9.19. The van der Waals surface area contributed by atoms with Crippen molar-refractivity contribution in [2.75, 3.05) is 6.61 Å². The van der Waals surface area contributed by atoms with Crippen molar-refractivity contribution in [3.63, 3.8) is 0 Å². The van der Waals surface area contributed by atoms with Gasteiger partial charge >= 0.3 is 0 Å². The van der Waals surface area contributed by atoms with Crippen LogP contribution in [0.4, 0.5) is 0 Å². The average molecular weight is 238 g/mol. The lowest BCUT2D eigenvalue weighted by atomic mass is 9.69. The van der Waals surface area contributed by atoms with E-state index in [0.29, 0.717) is 29.3 Å². The van der Waals surface area contributed by atoms with Gasteiger partial charge in [-0.3, -0.25) is 0 Å². The van der Waals surface area contributed by atoms with Crippen molar-refractivity contribution in [3.8, 4) is 0 Å². The van der Waals surface area contributed by atoms with E-state index in [4.69, 9.17) is 0 Å². The van der Waals surface area contributed by atoms with Gasteiger partial charge in [0, 0.05) is 6.61 Å². The number of fused-ring (bicyclic) bond motifs is 1. The third-order valence-corrected chi connectivity index (χ3v) is 6.70. The SMILES string of the molecule is CC(CO)C(C)CCC1CC2CC2(C)C1(C)C. The van der Waals surface area contributed by atoms with E-state index < -0.39 is 0 Å². The van der Waals surface area contributed by atoms with Gasteiger partial charge in [0.25, 0.3) is 0 Å². The van der Waals surface area contributed by atoms with Crippen LogP contribution in [0.25, 0.3) is 0 Å². The van der Waals surface area contributed by atoms with Gasteiger partial charge in [-0.2, -0.15) is 0 Å². The Bertz CT molecular complexity index is 283. The lowest BCUT2D eigenvalue weighted by molar-refractivity contribution is 0.124. The van der Waals surface area contributed by atoms with Crippen molar-refractivity contribution < 1.29 is 5.11 Å². The largest absolute Gasteiger partial charge is 0.396 e. The topological polar surface area (TPSA) is 20.2 Å². The second kappa shape index (κ2) is 4.26. The van der Waals surface area contributed by atoms with Gasteiger partial charge in [-0.15, -0.1) is 0 Å². The standard InChI is InChI=1S/C16H30O/c1-11(12(2)10-17)6-7-13-8-14-9-16(14,5)15(13,3)4/h11-14,17H,6-10H2,1-5H3. The summed E-state index contributed by atoms with van der Waals surface area (Å²) in [6.45, 7) is 12.3. The van der Waals surface area contributed by atoms with Gasteiger partial charge in [-0.25, -0.2) is 0 Å². The molecule has 0 heterocycles. The van der Waals surface area contributed by atoms with Crippen LogP contribution in [0.15, 0.2) is 0 Å². The van der Waals surface area contributed by atoms with Crippen molar-refractivity contribution in [3.05, 3.63) is 0 Å². The fourth-order valence-corrected chi connectivity index (χ4v) is 4.10. The first-order valence-corrected chi connectivity index (χ1v) is 7.43. The second-order valence-electron chi connectivity index (χ2n) is 7.69. The fourth-order valence-electron chi connectivity index (χ4n) is 4.10. The summed E-state index contributed by atoms with van der Waals surface area (Å²) in [6.07, 6.45) is 5.59. The summed E-state index contributed by atoms with van der Waals surface area (Å²) in [7, 11) is 0. The van der Waals surface area contributed by atoms with Gasteiger partial charge in [-0.1, -0.05) is 41.0 Å². The van der Waals surface area contributed by atoms with Crippen molar-refractivity contribution in [1.29, 1.82) is 0 Å². The van der Waals surface area contributed by atoms with Gasteiger partial charge < -0.3 is 5.11 Å². The van der Waals surface area contributed by atoms with Crippen LogP contribution in [0.3, 0.4) is 0 Å². The minimum Gasteiger partial charge on any atom is -0.396 e. The van der Waals surface area contributed by atoms with Gasteiger partial charge in [0.05, 0.1) is 0 Å². The summed E-state index contributed by atoms with van der Waals surface area (Å²) in [5.74, 6) is 3.07. The molecule has 100 valence electrons. The average Bonchev–Trinajstić information content (AvgIpc) is 2.90. The predicted molar refractivity (Wildman–Crippen MR) is 72.7 cm³/mol. The molecule has 0 aromatic heterocycles. The van der Waals surface area contributed by atoms with Crippen molar-refractivity contribution in [2.45, 2.75) is 60.3 Å². The third-order valence-electron chi connectivity index (χ3n) is 6.70. The van der Waals surface area contributed by atoms with Crippen LogP contribution in [0.5, 0.6) is 0 Å². The molecule has 2 aliphatic rings. The Balaban J connectivity index is 1.85. The smallest absolute Gasteiger partial charge is 0.0459 e. The van der Waals surface area contributed by atoms with Crippen molar-refractivity contribution in [1.82, 2.24) is 0 Å². The van der Waals surface area contributed by atoms with E-state index >= 15 is 0 Å². The van der Waals surface area contributed by atoms with Crippen molar-refractivity contribution >= 4 is 0 Å². The Morgan fingerprint density at radius 1 is 1.18 bits per heavy atom. The maximum Gasteiger partial charge on any atom is 0.0459 e. The Morgan fingerprint density at radius 2 is 1.82 bits per heavy atom. The van der Waals surface area contributed by atoms with Crippen LogP contribution >= 0.6 is 0 Å². The quantitative estimate of drug-likeness (QED) is 0.764. The molecule has 1 N–H and O–H groups in total. The summed E-state index contributed by atoms with van der Waals surface area (Å²) >= 11 is 0. The van der Waals surface area contributed by atoms with E-state index in [1.165, 1.54) is 25.7 Å². The molecule has 2 fully saturated rings. The molecule has 1 heteroatoms. The number of hydrogen-bond acceptors (Lipinski definition) is 1. The predicted octanol–water partition coefficient (Wildman–Crippen LogP) is 4.10. The van der Waals surface area contributed by atoms with Gasteiger partial charge in [0.1, 0.15) is 0 Å². The monoisotopic (exact) mass is 238 g/mol. The number of aliphatic hydroxyl groups is 1. The molecule has 5 unspecified atom stereocenters. The lowest BCUT2D eigenvalue weighted by Gasteiger charge is -2.36. The number of aliphatic hydroxyl groups excluding tert-OH is 1. The van der Waals surface area contributed by atoms with Gasteiger partial charge in [0.15, 0.2) is 0 Å². The molecule has 2 rings (SSSR count). The molecule has 0 spiro atoms. The highest BCUT2D eigenvalue weighted by Crippen LogP contribution is 2.74. The lowest BCUT2D eigenvalue weighted by Crippen LogP contribution is -2.28. The van der Waals surface area contributed by atoms with Crippen LogP contribution < -0.4 is 0 Å². The van der Waals surface area contributed by atoms with E-state index in [-0.39, 0.29) is 0 Å². The molecule has 0 saturated heterocycles. The van der Waals surface area contributed by atoms with E-state index in [1.54, 1.807) is 0 Å². The molecule has 0 aliphatic heterocycles. The van der Waals surface area contributed by atoms with Crippen LogP contribution in [0.2, 0.25) is 0 Å². The fraction of sp³-hybridized carbons (Fsp3) is 1.00. The summed E-state index contributed by atoms with van der Waals surface area (Å²) in [5.41, 5.74) is 1.20. The van der Waals surface area contributed by atoms with E-state index in [1.807, 2.05) is 0 Å². The highest BCUT2D eigenvalue weighted by Gasteiger charge is 2.66. The zero-order valence-electron chi connectivity index (χ0n) is 12.3. The van der Waals surface area contributed by atoms with Crippen molar-refractivity contribution in [2.24, 2.45) is 34.5 Å². The van der Waals surface area contributed by atoms with E-state index in [0.717, 1.165) is 11.8 Å². The van der Waals surface area contributed by atoms with Crippen LogP contribution in [-0.4, -0.2) is 11.7 Å². The Kier molecular flexibility index (Phi) is 3.36. The molecule has 0 amide bonds. The summed E-state index contributed by atoms with van der Waals surface area (Å²) in [4.78, 5) is 0. The molecule has 17 heavy (non-hydrogen) atoms. The maximum atomic E-state index is 9.19. The van der Waals surface area contributed by atoms with E-state index in [9.17, 15) is 5.11 Å². The first kappa shape index (κ1) is 13.4. The minimum atomic E-state index is 0.343. The Labute approximate surface area is 107 Å². The minimum absolute atomic E-state index is 0.343. The Morgan fingerprint density at radius 3 is 2.29 bits per heavy atom. The highest BCUT2D eigenvalue weighted by molar-refractivity contribution is 5.15. The highest BCUT2D eigenvalue weighted by atomic mass is 16.3. The molecule has 2 aliphatic carbocycles. The summed E-state index contributed by atoms with van der Waals surface area (Å²) in [6, 6.07) is 0. The zero-order chi connectivity index (χ0) is 12.8. The van der Waals surface area contributed by atoms with Gasteiger partial charge in [-0.05, 0) is 53.8 Å². The first-order chi connectivity index (χ1) is 7.83. The van der Waals surface area contributed by atoms with E-state index in [2.05, 4.69) is 34.6 Å². The Hall–Kier alpha value is -0.0400. The first-order valence-electron chi connectivity index (χ1n) is 7.43. The van der Waals surface area contributed by atoms with Crippen LogP contribution in [0.1, 0.15) is 60.3 Å². The molecule has 0 aromatic carbocycles. The molecule has 5 atom stereocenters. The second-order valence-corrected chi connectivity index (χ2v) is 7.69. The molecule has 0 aromatic rings. The molecule has 0 bridgehead atoms. The summed E-state index contributed by atoms with van der Waals surface area (Å²) in [5, 5.41) is 9.19. The van der Waals surface area contributed by atoms with Gasteiger partial charge in [0.2, 0.25) is 0 Å². The molecular weight excluding hydrogens is 208 g/mol. The number of rotatable bonds is 5. The van der Waals surface area contributed by atoms with Crippen LogP contribution in [0, 0.1) is 34.5 Å².